The van der Waals surface area contributed by atoms with Crippen LogP contribution in [0.3, 0.4) is 0 Å². The van der Waals surface area contributed by atoms with Gasteiger partial charge in [-0.2, -0.15) is 5.26 Å². The van der Waals surface area contributed by atoms with E-state index in [0.29, 0.717) is 0 Å². The summed E-state index contributed by atoms with van der Waals surface area (Å²) in [4.78, 5) is 6.14. The van der Waals surface area contributed by atoms with E-state index < -0.39 is 0 Å². The first kappa shape index (κ1) is 14.7. The molecule has 2 aliphatic rings. The number of rotatable bonds is 3. The van der Waals surface area contributed by atoms with Gasteiger partial charge >= 0.3 is 0 Å². The summed E-state index contributed by atoms with van der Waals surface area (Å²) in [5.41, 5.74) is 1.97. The lowest BCUT2D eigenvalue weighted by Gasteiger charge is -2.39. The van der Waals surface area contributed by atoms with Gasteiger partial charge in [-0.1, -0.05) is 18.9 Å². The van der Waals surface area contributed by atoms with Gasteiger partial charge in [0.05, 0.1) is 11.3 Å². The van der Waals surface area contributed by atoms with E-state index >= 15 is 0 Å². The number of anilines is 1. The molecule has 1 aliphatic heterocycles. The van der Waals surface area contributed by atoms with Crippen LogP contribution in [-0.2, 0) is 0 Å². The molecule has 0 spiro atoms. The smallest absolute Gasteiger partial charge is 0.103 e. The van der Waals surface area contributed by atoms with Crippen LogP contribution in [0.15, 0.2) is 23.1 Å². The van der Waals surface area contributed by atoms with E-state index in [2.05, 4.69) is 28.0 Å². The summed E-state index contributed by atoms with van der Waals surface area (Å²) in [6, 6.07) is 9.44. The van der Waals surface area contributed by atoms with Gasteiger partial charge in [-0.15, -0.1) is 11.8 Å². The molecule has 1 saturated heterocycles. The summed E-state index contributed by atoms with van der Waals surface area (Å²) in [6.45, 7) is 4.37. The number of hydrogen-bond donors (Lipinski definition) is 0. The molecule has 0 radical (unpaired) electrons. The Labute approximate surface area is 131 Å². The lowest BCUT2D eigenvalue weighted by Crippen LogP contribution is -2.49. The Morgan fingerprint density at radius 2 is 1.86 bits per heavy atom. The van der Waals surface area contributed by atoms with Crippen LogP contribution in [-0.4, -0.2) is 43.4 Å². The molecule has 1 saturated carbocycles. The maximum Gasteiger partial charge on any atom is 0.103 e. The first-order valence-corrected chi connectivity index (χ1v) is 9.12. The third-order valence-electron chi connectivity index (χ3n) is 4.83. The van der Waals surface area contributed by atoms with Crippen LogP contribution in [0.2, 0.25) is 0 Å². The lowest BCUT2D eigenvalue weighted by atomic mass is 10.1. The van der Waals surface area contributed by atoms with Crippen LogP contribution >= 0.6 is 11.8 Å². The molecule has 21 heavy (non-hydrogen) atoms. The van der Waals surface area contributed by atoms with Crippen molar-refractivity contribution in [2.45, 2.75) is 36.6 Å². The molecule has 2 fully saturated rings. The SMILES string of the molecule is CSc1cccc(N2CCN(C3CCCC3)CC2)c1C#N. The van der Waals surface area contributed by atoms with Gasteiger partial charge < -0.3 is 4.90 Å². The molecular weight excluding hydrogens is 278 g/mol. The van der Waals surface area contributed by atoms with E-state index in [1.54, 1.807) is 11.8 Å². The van der Waals surface area contributed by atoms with E-state index in [0.717, 1.165) is 48.4 Å². The average molecular weight is 301 g/mol. The highest BCUT2D eigenvalue weighted by atomic mass is 32.2. The highest BCUT2D eigenvalue weighted by molar-refractivity contribution is 7.98. The van der Waals surface area contributed by atoms with Gasteiger partial charge in [0.1, 0.15) is 6.07 Å². The summed E-state index contributed by atoms with van der Waals surface area (Å²) in [7, 11) is 0. The number of thioether (sulfide) groups is 1. The second-order valence-corrected chi connectivity index (χ2v) is 6.78. The normalized spacial score (nSPS) is 20.7. The fraction of sp³-hybridized carbons (Fsp3) is 0.588. The van der Waals surface area contributed by atoms with Crippen molar-refractivity contribution in [3.8, 4) is 6.07 Å². The standard InChI is InChI=1S/C17H23N3S/c1-21-17-8-4-7-16(15(17)13-18)20-11-9-19(10-12-20)14-5-2-3-6-14/h4,7-8,14H,2-3,5-6,9-12H2,1H3. The van der Waals surface area contributed by atoms with Gasteiger partial charge in [-0.3, -0.25) is 4.90 Å². The summed E-state index contributed by atoms with van der Waals surface area (Å²) in [5.74, 6) is 0. The molecule has 4 heteroatoms. The van der Waals surface area contributed by atoms with E-state index in [9.17, 15) is 5.26 Å². The Bertz CT molecular complexity index is 523. The van der Waals surface area contributed by atoms with Gasteiger partial charge in [-0.05, 0) is 31.2 Å². The highest BCUT2D eigenvalue weighted by Crippen LogP contribution is 2.31. The molecule has 1 aliphatic carbocycles. The monoisotopic (exact) mass is 301 g/mol. The second-order valence-electron chi connectivity index (χ2n) is 5.93. The number of hydrogen-bond acceptors (Lipinski definition) is 4. The zero-order chi connectivity index (χ0) is 14.7. The van der Waals surface area contributed by atoms with Crippen molar-refractivity contribution in [3.05, 3.63) is 23.8 Å². The molecule has 0 unspecified atom stereocenters. The number of benzene rings is 1. The summed E-state index contributed by atoms with van der Waals surface area (Å²) in [5, 5.41) is 9.49. The summed E-state index contributed by atoms with van der Waals surface area (Å²) < 4.78 is 0. The van der Waals surface area contributed by atoms with Crippen molar-refractivity contribution < 1.29 is 0 Å². The Hall–Kier alpha value is -1.18. The topological polar surface area (TPSA) is 30.3 Å². The minimum Gasteiger partial charge on any atom is -0.368 e. The van der Waals surface area contributed by atoms with Gasteiger partial charge in [0.15, 0.2) is 0 Å². The van der Waals surface area contributed by atoms with Crippen LogP contribution in [0.5, 0.6) is 0 Å². The first-order chi connectivity index (χ1) is 10.3. The predicted octanol–water partition coefficient (Wildman–Crippen LogP) is 3.34. The average Bonchev–Trinajstić information content (AvgIpc) is 3.08. The Morgan fingerprint density at radius 1 is 1.14 bits per heavy atom. The predicted molar refractivity (Wildman–Crippen MR) is 89.0 cm³/mol. The van der Waals surface area contributed by atoms with Crippen molar-refractivity contribution in [1.29, 1.82) is 5.26 Å². The van der Waals surface area contributed by atoms with Gasteiger partial charge in [0, 0.05) is 37.1 Å². The third kappa shape index (κ3) is 3.04. The number of nitrogens with zero attached hydrogens (tertiary/aromatic N) is 3. The third-order valence-corrected chi connectivity index (χ3v) is 5.61. The fourth-order valence-corrected chi connectivity index (χ4v) is 4.23. The van der Waals surface area contributed by atoms with Gasteiger partial charge in [0.25, 0.3) is 0 Å². The first-order valence-electron chi connectivity index (χ1n) is 7.89. The summed E-state index contributed by atoms with van der Waals surface area (Å²) >= 11 is 1.66. The van der Waals surface area contributed by atoms with Crippen LogP contribution in [0.1, 0.15) is 31.2 Å². The second kappa shape index (κ2) is 6.72. The van der Waals surface area contributed by atoms with E-state index in [1.165, 1.54) is 25.7 Å². The Balaban J connectivity index is 1.71. The van der Waals surface area contributed by atoms with Crippen LogP contribution in [0.25, 0.3) is 0 Å². The van der Waals surface area contributed by atoms with Crippen molar-refractivity contribution in [2.24, 2.45) is 0 Å². The van der Waals surface area contributed by atoms with E-state index in [-0.39, 0.29) is 0 Å². The molecule has 0 amide bonds. The van der Waals surface area contributed by atoms with Crippen LogP contribution in [0, 0.1) is 11.3 Å². The maximum atomic E-state index is 9.49. The molecule has 0 N–H and O–H groups in total. The van der Waals surface area contributed by atoms with E-state index in [1.807, 2.05) is 12.3 Å². The van der Waals surface area contributed by atoms with E-state index in [4.69, 9.17) is 0 Å². The van der Waals surface area contributed by atoms with Crippen LogP contribution < -0.4 is 4.90 Å². The minimum atomic E-state index is 0.820. The Kier molecular flexibility index (Phi) is 4.72. The van der Waals surface area contributed by atoms with Crippen molar-refractivity contribution in [2.75, 3.05) is 37.3 Å². The molecule has 112 valence electrons. The molecule has 3 nitrogen and oxygen atoms in total. The molecular formula is C17H23N3S. The lowest BCUT2D eigenvalue weighted by molar-refractivity contribution is 0.187. The number of nitriles is 1. The van der Waals surface area contributed by atoms with Crippen molar-refractivity contribution in [3.63, 3.8) is 0 Å². The van der Waals surface area contributed by atoms with Gasteiger partial charge in [0.2, 0.25) is 0 Å². The highest BCUT2D eigenvalue weighted by Gasteiger charge is 2.27. The zero-order valence-electron chi connectivity index (χ0n) is 12.7. The summed E-state index contributed by atoms with van der Waals surface area (Å²) in [6.07, 6.45) is 7.60. The molecule has 0 atom stereocenters. The number of piperazine rings is 1. The molecule has 1 aromatic carbocycles. The quantitative estimate of drug-likeness (QED) is 0.801. The van der Waals surface area contributed by atoms with Crippen LogP contribution in [0.4, 0.5) is 5.69 Å². The molecule has 1 aromatic rings. The zero-order valence-corrected chi connectivity index (χ0v) is 13.5. The maximum absolute atomic E-state index is 9.49. The molecule has 1 heterocycles. The van der Waals surface area contributed by atoms with Gasteiger partial charge in [-0.25, -0.2) is 0 Å². The fourth-order valence-electron chi connectivity index (χ4n) is 3.66. The molecule has 3 rings (SSSR count). The van der Waals surface area contributed by atoms with Crippen molar-refractivity contribution >= 4 is 17.4 Å². The largest absolute Gasteiger partial charge is 0.368 e. The molecule has 0 bridgehead atoms. The minimum absolute atomic E-state index is 0.820. The van der Waals surface area contributed by atoms with Crippen molar-refractivity contribution in [1.82, 2.24) is 4.90 Å². The Morgan fingerprint density at radius 3 is 2.48 bits per heavy atom. The molecule has 0 aromatic heterocycles.